The van der Waals surface area contributed by atoms with Crippen LogP contribution in [0.3, 0.4) is 0 Å². The van der Waals surface area contributed by atoms with Gasteiger partial charge >= 0.3 is 0 Å². The molecule has 1 N–H and O–H groups in total. The zero-order chi connectivity index (χ0) is 37.3. The Kier molecular flexibility index (Phi) is 10.1. The normalized spacial score (nSPS) is 11.8. The quantitative estimate of drug-likeness (QED) is 0.0989. The molecule has 55 heavy (non-hydrogen) atoms. The Morgan fingerprint density at radius 3 is 1.31 bits per heavy atom. The first-order valence-electron chi connectivity index (χ1n) is 18.5. The van der Waals surface area contributed by atoms with Gasteiger partial charge in [0.2, 0.25) is 0 Å². The monoisotopic (exact) mass is 778 g/mol. The Morgan fingerprint density at radius 1 is 0.400 bits per heavy atom. The van der Waals surface area contributed by atoms with Gasteiger partial charge in [-0.2, -0.15) is 0 Å². The van der Waals surface area contributed by atoms with Crippen LogP contribution < -0.4 is 10.2 Å². The third kappa shape index (κ3) is 7.13. The molecule has 0 spiro atoms. The largest absolute Gasteiger partial charge is 0.382 e. The van der Waals surface area contributed by atoms with Gasteiger partial charge in [-0.05, 0) is 105 Å². The summed E-state index contributed by atoms with van der Waals surface area (Å²) in [5, 5.41) is 19.1. The molecule has 7 heteroatoms. The van der Waals surface area contributed by atoms with Crippen LogP contribution >= 0.6 is 34.8 Å². The number of halogens is 3. The van der Waals surface area contributed by atoms with Crippen LogP contribution in [0.1, 0.15) is 0 Å². The summed E-state index contributed by atoms with van der Waals surface area (Å²) in [6.07, 6.45) is 0. The predicted molar refractivity (Wildman–Crippen MR) is 237 cm³/mol. The van der Waals surface area contributed by atoms with E-state index in [1.807, 2.05) is 36.4 Å². The molecule has 9 rings (SSSR count). The summed E-state index contributed by atoms with van der Waals surface area (Å²) in [5.74, 6) is 0. The highest BCUT2D eigenvalue weighted by atomic mass is 35.5. The van der Waals surface area contributed by atoms with E-state index in [0.29, 0.717) is 39.5 Å². The van der Waals surface area contributed by atoms with E-state index in [2.05, 4.69) is 119 Å². The fraction of sp³-hybridized carbons (Fsp3) is 0.125. The molecule has 0 saturated heterocycles. The van der Waals surface area contributed by atoms with Crippen molar-refractivity contribution in [1.82, 2.24) is 0 Å². The fourth-order valence-electron chi connectivity index (χ4n) is 7.74. The number of rotatable bonds is 12. The van der Waals surface area contributed by atoms with E-state index in [0.717, 1.165) is 91.4 Å². The van der Waals surface area contributed by atoms with Crippen molar-refractivity contribution in [3.05, 3.63) is 161 Å². The summed E-state index contributed by atoms with van der Waals surface area (Å²) in [6, 6.07) is 50.6. The lowest BCUT2D eigenvalue weighted by molar-refractivity contribution is 0.0548. The molecule has 0 radical (unpaired) electrons. The third-order valence-corrected chi connectivity index (χ3v) is 11.4. The van der Waals surface area contributed by atoms with Crippen LogP contribution in [-0.4, -0.2) is 39.5 Å². The molecule has 0 unspecified atom stereocenters. The standard InChI is InChI=1S/C48H37Cl3N2O2/c49-43-13-1-7-31-25-34-10-4-16-46(40(34)28-37(31)43)52-19-21-54-23-24-55-22-20-53(47-17-5-11-35-26-32-8-2-14-44(50)38(32)29-41(35)47)48-18-6-12-36-27-33-9-3-15-45(51)39(33)30-42(36)48/h1-18,25-30,52H,19-24H2. The van der Waals surface area contributed by atoms with Gasteiger partial charge in [0, 0.05) is 77.5 Å². The fourth-order valence-corrected chi connectivity index (χ4v) is 8.45. The molecule has 0 aliphatic carbocycles. The minimum absolute atomic E-state index is 0.484. The number of fused-ring (bicyclic) bond motifs is 6. The highest BCUT2D eigenvalue weighted by Gasteiger charge is 2.17. The van der Waals surface area contributed by atoms with Crippen molar-refractivity contribution in [2.45, 2.75) is 0 Å². The van der Waals surface area contributed by atoms with Crippen LogP contribution in [0.2, 0.25) is 15.1 Å². The minimum Gasteiger partial charge on any atom is -0.382 e. The molecule has 0 aromatic heterocycles. The van der Waals surface area contributed by atoms with Gasteiger partial charge in [0.15, 0.2) is 0 Å². The van der Waals surface area contributed by atoms with Crippen molar-refractivity contribution in [1.29, 1.82) is 0 Å². The molecule has 0 atom stereocenters. The maximum Gasteiger partial charge on any atom is 0.0701 e. The van der Waals surface area contributed by atoms with Crippen LogP contribution in [0.4, 0.5) is 17.1 Å². The minimum atomic E-state index is 0.484. The number of benzene rings is 9. The average molecular weight is 780 g/mol. The molecular formula is C48H37Cl3N2O2. The molecule has 272 valence electrons. The summed E-state index contributed by atoms with van der Waals surface area (Å²) in [5.41, 5.74) is 3.23. The second-order valence-electron chi connectivity index (χ2n) is 13.8. The molecule has 0 amide bonds. The molecule has 9 aromatic carbocycles. The average Bonchev–Trinajstić information content (AvgIpc) is 3.20. The van der Waals surface area contributed by atoms with Crippen molar-refractivity contribution >= 4 is 116 Å². The van der Waals surface area contributed by atoms with Crippen LogP contribution in [0, 0.1) is 0 Å². The van der Waals surface area contributed by atoms with Crippen LogP contribution in [0.25, 0.3) is 64.6 Å². The number of nitrogens with one attached hydrogen (secondary N) is 1. The topological polar surface area (TPSA) is 33.7 Å². The van der Waals surface area contributed by atoms with Crippen LogP contribution in [0.5, 0.6) is 0 Å². The first-order chi connectivity index (χ1) is 27.0. The molecular weight excluding hydrogens is 743 g/mol. The molecule has 0 bridgehead atoms. The van der Waals surface area contributed by atoms with Gasteiger partial charge in [-0.15, -0.1) is 0 Å². The molecule has 0 aliphatic rings. The summed E-state index contributed by atoms with van der Waals surface area (Å²) >= 11 is 20.0. The highest BCUT2D eigenvalue weighted by Crippen LogP contribution is 2.40. The van der Waals surface area contributed by atoms with Crippen molar-refractivity contribution in [2.24, 2.45) is 0 Å². The molecule has 0 heterocycles. The lowest BCUT2D eigenvalue weighted by Gasteiger charge is -2.28. The first-order valence-corrected chi connectivity index (χ1v) is 19.7. The summed E-state index contributed by atoms with van der Waals surface area (Å²) < 4.78 is 12.2. The molecule has 0 saturated carbocycles. The number of ether oxygens (including phenoxy) is 2. The highest BCUT2D eigenvalue weighted by molar-refractivity contribution is 6.37. The van der Waals surface area contributed by atoms with Crippen molar-refractivity contribution in [3.8, 4) is 0 Å². The summed E-state index contributed by atoms with van der Waals surface area (Å²) in [6.45, 7) is 3.34. The molecule has 4 nitrogen and oxygen atoms in total. The first kappa shape index (κ1) is 35.6. The van der Waals surface area contributed by atoms with Gasteiger partial charge in [0.1, 0.15) is 0 Å². The van der Waals surface area contributed by atoms with Crippen molar-refractivity contribution in [3.63, 3.8) is 0 Å². The smallest absolute Gasteiger partial charge is 0.0701 e. The van der Waals surface area contributed by atoms with Crippen LogP contribution in [-0.2, 0) is 9.47 Å². The van der Waals surface area contributed by atoms with Gasteiger partial charge in [-0.3, -0.25) is 0 Å². The van der Waals surface area contributed by atoms with E-state index in [1.54, 1.807) is 0 Å². The Hall–Kier alpha value is -5.07. The Balaban J connectivity index is 0.914. The van der Waals surface area contributed by atoms with E-state index in [1.165, 1.54) is 5.39 Å². The van der Waals surface area contributed by atoms with Gasteiger partial charge < -0.3 is 19.7 Å². The Labute approximate surface area is 334 Å². The van der Waals surface area contributed by atoms with E-state index in [4.69, 9.17) is 44.3 Å². The maximum atomic E-state index is 6.73. The van der Waals surface area contributed by atoms with Gasteiger partial charge in [-0.1, -0.05) is 108 Å². The second kappa shape index (κ2) is 15.6. The number of anilines is 3. The zero-order valence-corrected chi connectivity index (χ0v) is 32.3. The maximum absolute atomic E-state index is 6.73. The lowest BCUT2D eigenvalue weighted by Crippen LogP contribution is -2.24. The van der Waals surface area contributed by atoms with E-state index < -0.39 is 0 Å². The molecule has 9 aromatic rings. The number of hydrogen-bond acceptors (Lipinski definition) is 4. The number of nitrogens with zero attached hydrogens (tertiary/aromatic N) is 1. The lowest BCUT2D eigenvalue weighted by atomic mass is 9.99. The van der Waals surface area contributed by atoms with Gasteiger partial charge in [0.25, 0.3) is 0 Å². The van der Waals surface area contributed by atoms with Crippen molar-refractivity contribution in [2.75, 3.05) is 49.7 Å². The summed E-state index contributed by atoms with van der Waals surface area (Å²) in [4.78, 5) is 2.36. The molecule has 0 fully saturated rings. The van der Waals surface area contributed by atoms with E-state index in [-0.39, 0.29) is 0 Å². The SMILES string of the molecule is Clc1cccc2cc3cccc(NCCOCCOCCN(c4cccc5cc6cccc(Cl)c6cc45)c4cccc5cc6cccc(Cl)c6cc45)c3cc12. The second-order valence-corrected chi connectivity index (χ2v) is 15.0. The predicted octanol–water partition coefficient (Wildman–Crippen LogP) is 13.8. The number of hydrogen-bond donors (Lipinski definition) is 1. The van der Waals surface area contributed by atoms with Crippen LogP contribution in [0.15, 0.2) is 146 Å². The Bertz CT molecular complexity index is 2750. The van der Waals surface area contributed by atoms with Gasteiger partial charge in [0.05, 0.1) is 26.4 Å². The molecule has 0 aliphatic heterocycles. The Morgan fingerprint density at radius 2 is 0.800 bits per heavy atom. The third-order valence-electron chi connectivity index (χ3n) is 10.4. The zero-order valence-electron chi connectivity index (χ0n) is 30.0. The van der Waals surface area contributed by atoms with Crippen molar-refractivity contribution < 1.29 is 9.47 Å². The van der Waals surface area contributed by atoms with E-state index >= 15 is 0 Å². The summed E-state index contributed by atoms with van der Waals surface area (Å²) in [7, 11) is 0. The van der Waals surface area contributed by atoms with E-state index in [9.17, 15) is 0 Å². The van der Waals surface area contributed by atoms with Gasteiger partial charge in [-0.25, -0.2) is 0 Å².